The van der Waals surface area contributed by atoms with Crippen molar-refractivity contribution in [2.24, 2.45) is 0 Å². The Labute approximate surface area is 110 Å². The number of hydrogen-bond acceptors (Lipinski definition) is 7. The zero-order valence-electron chi connectivity index (χ0n) is 9.74. The number of aromatic nitrogens is 2. The number of carbonyl (C=O) groups is 1. The first-order chi connectivity index (χ1) is 9.49. The molecule has 0 fully saturated rings. The van der Waals surface area contributed by atoms with E-state index in [1.165, 1.54) is 0 Å². The molecule has 0 aliphatic rings. The van der Waals surface area contributed by atoms with Gasteiger partial charge in [-0.1, -0.05) is 5.16 Å². The highest BCUT2D eigenvalue weighted by Crippen LogP contribution is 2.28. The van der Waals surface area contributed by atoms with Crippen LogP contribution in [-0.4, -0.2) is 26.1 Å². The molecule has 2 aromatic rings. The van der Waals surface area contributed by atoms with Crippen LogP contribution < -0.4 is 5.32 Å². The van der Waals surface area contributed by atoms with Crippen LogP contribution in [0.5, 0.6) is 0 Å². The summed E-state index contributed by atoms with van der Waals surface area (Å²) in [5.41, 5.74) is -1.52. The van der Waals surface area contributed by atoms with Gasteiger partial charge in [-0.3, -0.25) is 10.1 Å². The lowest BCUT2D eigenvalue weighted by Gasteiger charge is -2.06. The number of nitrogens with one attached hydrogen (secondary N) is 1. The third kappa shape index (κ3) is 2.68. The number of nitrogens with zero attached hydrogens (tertiary/aromatic N) is 3. The lowest BCUT2D eigenvalue weighted by atomic mass is 10.1. The monoisotopic (exact) mass is 282 g/mol. The standard InChI is InChI=1S/C10H7FN4O5/c11-6-2-7(12-3-9-13-4-20-14-9)8(15(18)19)1-5(6)10(16)17/h1-2,4,12H,3H2,(H,16,17). The number of anilines is 1. The molecular weight excluding hydrogens is 275 g/mol. The van der Waals surface area contributed by atoms with Gasteiger partial charge in [0.25, 0.3) is 5.69 Å². The zero-order chi connectivity index (χ0) is 14.7. The molecule has 104 valence electrons. The molecule has 1 heterocycles. The summed E-state index contributed by atoms with van der Waals surface area (Å²) in [7, 11) is 0. The van der Waals surface area contributed by atoms with E-state index in [2.05, 4.69) is 20.0 Å². The summed E-state index contributed by atoms with van der Waals surface area (Å²) in [6.07, 6.45) is 1.07. The predicted octanol–water partition coefficient (Wildman–Crippen LogP) is 1.43. The van der Waals surface area contributed by atoms with Gasteiger partial charge < -0.3 is 14.9 Å². The van der Waals surface area contributed by atoms with E-state index in [9.17, 15) is 19.3 Å². The first-order valence-electron chi connectivity index (χ1n) is 5.19. The molecule has 2 N–H and O–H groups in total. The first-order valence-corrected chi connectivity index (χ1v) is 5.19. The van der Waals surface area contributed by atoms with Crippen molar-refractivity contribution in [1.29, 1.82) is 0 Å². The Kier molecular flexibility index (Phi) is 3.55. The van der Waals surface area contributed by atoms with E-state index >= 15 is 0 Å². The average Bonchev–Trinajstić information content (AvgIpc) is 2.88. The first kappa shape index (κ1) is 13.4. The summed E-state index contributed by atoms with van der Waals surface area (Å²) < 4.78 is 18.0. The van der Waals surface area contributed by atoms with E-state index < -0.39 is 28.0 Å². The molecule has 9 nitrogen and oxygen atoms in total. The van der Waals surface area contributed by atoms with Gasteiger partial charge in [0.05, 0.1) is 11.5 Å². The SMILES string of the molecule is O=C(O)c1cc([N+](=O)[O-])c(NCc2ncon2)cc1F. The third-order valence-corrected chi connectivity index (χ3v) is 2.36. The second-order valence-corrected chi connectivity index (χ2v) is 3.61. The Morgan fingerprint density at radius 3 is 2.85 bits per heavy atom. The molecule has 10 heteroatoms. The number of nitro groups is 1. The van der Waals surface area contributed by atoms with E-state index in [4.69, 9.17) is 5.11 Å². The van der Waals surface area contributed by atoms with Gasteiger partial charge in [-0.25, -0.2) is 9.18 Å². The highest BCUT2D eigenvalue weighted by atomic mass is 19.1. The molecule has 0 aliphatic carbocycles. The second-order valence-electron chi connectivity index (χ2n) is 3.61. The zero-order valence-corrected chi connectivity index (χ0v) is 9.74. The molecule has 20 heavy (non-hydrogen) atoms. The predicted molar refractivity (Wildman–Crippen MR) is 61.6 cm³/mol. The van der Waals surface area contributed by atoms with Crippen LogP contribution in [0.1, 0.15) is 16.2 Å². The van der Waals surface area contributed by atoms with Crippen LogP contribution in [0.3, 0.4) is 0 Å². The number of carboxylic acids is 1. The fraction of sp³-hybridized carbons (Fsp3) is 0.100. The fourth-order valence-electron chi connectivity index (χ4n) is 1.46. The van der Waals surface area contributed by atoms with Crippen molar-refractivity contribution in [3.63, 3.8) is 0 Å². The van der Waals surface area contributed by atoms with Crippen molar-refractivity contribution in [2.45, 2.75) is 6.54 Å². The van der Waals surface area contributed by atoms with Crippen LogP contribution in [-0.2, 0) is 6.54 Å². The molecule has 0 atom stereocenters. The van der Waals surface area contributed by atoms with Gasteiger partial charge in [0.1, 0.15) is 17.1 Å². The summed E-state index contributed by atoms with van der Waals surface area (Å²) >= 11 is 0. The molecule has 2 rings (SSSR count). The minimum atomic E-state index is -1.59. The normalized spacial score (nSPS) is 10.2. The van der Waals surface area contributed by atoms with E-state index in [0.29, 0.717) is 6.07 Å². The maximum atomic E-state index is 13.5. The van der Waals surface area contributed by atoms with Crippen LogP contribution in [0.15, 0.2) is 23.0 Å². The summed E-state index contributed by atoms with van der Waals surface area (Å²) in [5.74, 6) is -2.46. The number of halogens is 1. The van der Waals surface area contributed by atoms with E-state index in [1.807, 2.05) is 0 Å². The topological polar surface area (TPSA) is 131 Å². The van der Waals surface area contributed by atoms with Crippen LogP contribution >= 0.6 is 0 Å². The summed E-state index contributed by atoms with van der Waals surface area (Å²) in [6.45, 7) is -0.0385. The number of hydrogen-bond donors (Lipinski definition) is 2. The van der Waals surface area contributed by atoms with Gasteiger partial charge in [0.2, 0.25) is 6.39 Å². The Bertz CT molecular complexity index is 658. The number of carboxylic acid groups (broad SMARTS) is 1. The Morgan fingerprint density at radius 1 is 1.55 bits per heavy atom. The van der Waals surface area contributed by atoms with Crippen LogP contribution in [0.2, 0.25) is 0 Å². The summed E-state index contributed by atoms with van der Waals surface area (Å²) in [4.78, 5) is 24.5. The smallest absolute Gasteiger partial charge is 0.338 e. The number of benzene rings is 1. The van der Waals surface area contributed by atoms with Crippen LogP contribution in [0.25, 0.3) is 0 Å². The molecule has 0 aliphatic heterocycles. The van der Waals surface area contributed by atoms with Crippen molar-refractivity contribution in [3.8, 4) is 0 Å². The van der Waals surface area contributed by atoms with E-state index in [1.54, 1.807) is 0 Å². The molecule has 0 spiro atoms. The molecular formula is C10H7FN4O5. The number of nitro benzene ring substituents is 1. The van der Waals surface area contributed by atoms with Crippen LogP contribution in [0, 0.1) is 15.9 Å². The Balaban J connectivity index is 2.33. The van der Waals surface area contributed by atoms with Crippen LogP contribution in [0.4, 0.5) is 15.8 Å². The summed E-state index contributed by atoms with van der Waals surface area (Å²) in [6, 6.07) is 1.39. The lowest BCUT2D eigenvalue weighted by Crippen LogP contribution is -2.08. The maximum absolute atomic E-state index is 13.5. The maximum Gasteiger partial charge on any atom is 0.338 e. The highest BCUT2D eigenvalue weighted by Gasteiger charge is 2.21. The molecule has 0 saturated carbocycles. The van der Waals surface area contributed by atoms with Gasteiger partial charge in [-0.05, 0) is 0 Å². The minimum absolute atomic E-state index is 0.0385. The Morgan fingerprint density at radius 2 is 2.30 bits per heavy atom. The quantitative estimate of drug-likeness (QED) is 0.621. The molecule has 0 unspecified atom stereocenters. The molecule has 1 aromatic carbocycles. The molecule has 0 saturated heterocycles. The molecule has 1 aromatic heterocycles. The van der Waals surface area contributed by atoms with Crippen molar-refractivity contribution in [3.05, 3.63) is 45.8 Å². The van der Waals surface area contributed by atoms with E-state index in [-0.39, 0.29) is 18.1 Å². The number of rotatable bonds is 5. The fourth-order valence-corrected chi connectivity index (χ4v) is 1.46. The van der Waals surface area contributed by atoms with Crippen molar-refractivity contribution < 1.29 is 23.7 Å². The average molecular weight is 282 g/mol. The summed E-state index contributed by atoms with van der Waals surface area (Å²) in [5, 5.41) is 25.6. The molecule has 0 amide bonds. The van der Waals surface area contributed by atoms with Crippen molar-refractivity contribution >= 4 is 17.3 Å². The highest BCUT2D eigenvalue weighted by molar-refractivity contribution is 5.90. The van der Waals surface area contributed by atoms with Gasteiger partial charge in [-0.2, -0.15) is 4.98 Å². The minimum Gasteiger partial charge on any atom is -0.478 e. The largest absolute Gasteiger partial charge is 0.478 e. The lowest BCUT2D eigenvalue weighted by molar-refractivity contribution is -0.384. The second kappa shape index (κ2) is 5.30. The van der Waals surface area contributed by atoms with Crippen molar-refractivity contribution in [1.82, 2.24) is 10.1 Å². The van der Waals surface area contributed by atoms with Crippen molar-refractivity contribution in [2.75, 3.05) is 5.32 Å². The van der Waals surface area contributed by atoms with Gasteiger partial charge in [0.15, 0.2) is 5.82 Å². The van der Waals surface area contributed by atoms with Gasteiger partial charge in [-0.15, -0.1) is 0 Å². The Hall–Kier alpha value is -3.04. The van der Waals surface area contributed by atoms with Gasteiger partial charge >= 0.3 is 5.97 Å². The molecule has 0 bridgehead atoms. The third-order valence-electron chi connectivity index (χ3n) is 2.36. The molecule has 0 radical (unpaired) electrons. The van der Waals surface area contributed by atoms with E-state index in [0.717, 1.165) is 12.5 Å². The number of aromatic carboxylic acids is 1. The van der Waals surface area contributed by atoms with Gasteiger partial charge in [0, 0.05) is 12.1 Å².